The largest absolute Gasteiger partial charge is 0.300 e. The van der Waals surface area contributed by atoms with Gasteiger partial charge < -0.3 is 4.90 Å². The lowest BCUT2D eigenvalue weighted by atomic mass is 9.75. The van der Waals surface area contributed by atoms with Gasteiger partial charge in [-0.05, 0) is 50.3 Å². The number of benzene rings is 1. The summed E-state index contributed by atoms with van der Waals surface area (Å²) >= 11 is 0. The number of rotatable bonds is 3. The molecule has 0 amide bonds. The summed E-state index contributed by atoms with van der Waals surface area (Å²) in [6.45, 7) is 8.35. The van der Waals surface area contributed by atoms with Crippen LogP contribution in [0.2, 0.25) is 0 Å². The Kier molecular flexibility index (Phi) is 3.82. The van der Waals surface area contributed by atoms with Gasteiger partial charge in [-0.2, -0.15) is 0 Å². The Morgan fingerprint density at radius 3 is 2.33 bits per heavy atom. The van der Waals surface area contributed by atoms with Gasteiger partial charge in [0.15, 0.2) is 0 Å². The van der Waals surface area contributed by atoms with Crippen LogP contribution in [0.5, 0.6) is 0 Å². The van der Waals surface area contributed by atoms with E-state index in [-0.39, 0.29) is 0 Å². The van der Waals surface area contributed by atoms with E-state index in [1.807, 2.05) is 0 Å². The van der Waals surface area contributed by atoms with Gasteiger partial charge in [-0.15, -0.1) is 0 Å². The van der Waals surface area contributed by atoms with Gasteiger partial charge in [-0.3, -0.25) is 0 Å². The summed E-state index contributed by atoms with van der Waals surface area (Å²) < 4.78 is 0. The molecule has 0 aliphatic carbocycles. The van der Waals surface area contributed by atoms with Crippen LogP contribution < -0.4 is 0 Å². The monoisotopic (exact) mass is 245 g/mol. The lowest BCUT2D eigenvalue weighted by molar-refractivity contribution is 0.111. The summed E-state index contributed by atoms with van der Waals surface area (Å²) in [5.74, 6) is 0. The molecule has 1 aliphatic rings. The van der Waals surface area contributed by atoms with Gasteiger partial charge in [0.1, 0.15) is 0 Å². The second kappa shape index (κ2) is 5.05. The molecule has 1 aromatic carbocycles. The van der Waals surface area contributed by atoms with Crippen molar-refractivity contribution in [2.24, 2.45) is 5.41 Å². The lowest BCUT2D eigenvalue weighted by Gasteiger charge is -2.41. The first-order valence-electron chi connectivity index (χ1n) is 7.17. The molecule has 1 aromatic rings. The van der Waals surface area contributed by atoms with Gasteiger partial charge in [0.25, 0.3) is 0 Å². The van der Waals surface area contributed by atoms with Crippen molar-refractivity contribution in [1.82, 2.24) is 4.90 Å². The SMILES string of the molecule is CN1CCCC1(Cc1ccccc1)CC(C)(C)C. The third kappa shape index (κ3) is 3.14. The molecule has 1 saturated heterocycles. The Bertz CT molecular complexity index is 376. The van der Waals surface area contributed by atoms with Crippen molar-refractivity contribution in [3.63, 3.8) is 0 Å². The van der Waals surface area contributed by atoms with Crippen LogP contribution in [0, 0.1) is 5.41 Å². The lowest BCUT2D eigenvalue weighted by Crippen LogP contribution is -2.46. The summed E-state index contributed by atoms with van der Waals surface area (Å²) in [6.07, 6.45) is 5.17. The van der Waals surface area contributed by atoms with Crippen LogP contribution in [0.4, 0.5) is 0 Å². The van der Waals surface area contributed by atoms with Crippen LogP contribution >= 0.6 is 0 Å². The third-order valence-corrected chi connectivity index (χ3v) is 4.18. The van der Waals surface area contributed by atoms with Crippen LogP contribution in [0.3, 0.4) is 0 Å². The van der Waals surface area contributed by atoms with Crippen molar-refractivity contribution in [3.05, 3.63) is 35.9 Å². The maximum Gasteiger partial charge on any atom is 0.0252 e. The highest BCUT2D eigenvalue weighted by Gasteiger charge is 2.41. The molecule has 1 aliphatic heterocycles. The molecule has 1 unspecified atom stereocenters. The molecule has 1 atom stereocenters. The van der Waals surface area contributed by atoms with E-state index >= 15 is 0 Å². The molecule has 0 N–H and O–H groups in total. The van der Waals surface area contributed by atoms with Crippen molar-refractivity contribution in [1.29, 1.82) is 0 Å². The fourth-order valence-electron chi connectivity index (χ4n) is 3.55. The molecule has 1 fully saturated rings. The first-order valence-corrected chi connectivity index (χ1v) is 7.17. The molecule has 0 aromatic heterocycles. The first-order chi connectivity index (χ1) is 8.41. The van der Waals surface area contributed by atoms with Crippen molar-refractivity contribution in [3.8, 4) is 0 Å². The van der Waals surface area contributed by atoms with E-state index in [1.165, 1.54) is 37.8 Å². The van der Waals surface area contributed by atoms with Gasteiger partial charge in [0.2, 0.25) is 0 Å². The molecule has 18 heavy (non-hydrogen) atoms. The summed E-state index contributed by atoms with van der Waals surface area (Å²) in [7, 11) is 2.31. The third-order valence-electron chi connectivity index (χ3n) is 4.18. The fourth-order valence-corrected chi connectivity index (χ4v) is 3.55. The van der Waals surface area contributed by atoms with E-state index in [4.69, 9.17) is 0 Å². The zero-order chi connectivity index (χ0) is 13.2. The van der Waals surface area contributed by atoms with E-state index in [9.17, 15) is 0 Å². The van der Waals surface area contributed by atoms with Crippen molar-refractivity contribution < 1.29 is 0 Å². The molecule has 0 bridgehead atoms. The van der Waals surface area contributed by atoms with E-state index < -0.39 is 0 Å². The minimum Gasteiger partial charge on any atom is -0.300 e. The summed E-state index contributed by atoms with van der Waals surface area (Å²) in [6, 6.07) is 11.0. The highest BCUT2D eigenvalue weighted by molar-refractivity contribution is 5.19. The van der Waals surface area contributed by atoms with Crippen LogP contribution in [0.15, 0.2) is 30.3 Å². The Morgan fingerprint density at radius 2 is 1.83 bits per heavy atom. The molecular weight excluding hydrogens is 218 g/mol. The van der Waals surface area contributed by atoms with Crippen molar-refractivity contribution >= 4 is 0 Å². The number of likely N-dealkylation sites (tertiary alicyclic amines) is 1. The van der Waals surface area contributed by atoms with E-state index in [0.717, 1.165) is 0 Å². The normalized spacial score (nSPS) is 25.6. The Balaban J connectivity index is 2.21. The minimum absolute atomic E-state index is 0.375. The predicted octanol–water partition coefficient (Wildman–Crippen LogP) is 4.13. The Hall–Kier alpha value is -0.820. The van der Waals surface area contributed by atoms with Crippen molar-refractivity contribution in [2.75, 3.05) is 13.6 Å². The minimum atomic E-state index is 0.375. The average Bonchev–Trinajstić information content (AvgIpc) is 2.59. The maximum absolute atomic E-state index is 2.60. The molecule has 1 heteroatoms. The highest BCUT2D eigenvalue weighted by atomic mass is 15.2. The molecule has 0 radical (unpaired) electrons. The van der Waals surface area contributed by atoms with E-state index in [0.29, 0.717) is 11.0 Å². The van der Waals surface area contributed by atoms with Crippen LogP contribution in [-0.4, -0.2) is 24.0 Å². The number of hydrogen-bond acceptors (Lipinski definition) is 1. The number of nitrogens with zero attached hydrogens (tertiary/aromatic N) is 1. The Morgan fingerprint density at radius 1 is 1.17 bits per heavy atom. The summed E-state index contributed by atoms with van der Waals surface area (Å²) in [5, 5.41) is 0. The van der Waals surface area contributed by atoms with Crippen LogP contribution in [0.25, 0.3) is 0 Å². The zero-order valence-electron chi connectivity index (χ0n) is 12.4. The number of hydrogen-bond donors (Lipinski definition) is 0. The summed E-state index contributed by atoms with van der Waals surface area (Å²) in [4.78, 5) is 2.60. The van der Waals surface area contributed by atoms with E-state index in [2.05, 4.69) is 63.1 Å². The fraction of sp³-hybridized carbons (Fsp3) is 0.647. The van der Waals surface area contributed by atoms with Gasteiger partial charge in [0, 0.05) is 5.54 Å². The molecule has 100 valence electrons. The standard InChI is InChI=1S/C17H27N/c1-16(2,3)14-17(11-8-12-18(17)4)13-15-9-6-5-7-10-15/h5-7,9-10H,8,11-14H2,1-4H3. The second-order valence-electron chi connectivity index (χ2n) is 7.15. The summed E-state index contributed by atoms with van der Waals surface area (Å²) in [5.41, 5.74) is 2.25. The predicted molar refractivity (Wildman–Crippen MR) is 78.8 cm³/mol. The molecule has 1 heterocycles. The van der Waals surface area contributed by atoms with Gasteiger partial charge >= 0.3 is 0 Å². The molecule has 0 spiro atoms. The average molecular weight is 245 g/mol. The van der Waals surface area contributed by atoms with Gasteiger partial charge in [-0.25, -0.2) is 0 Å². The van der Waals surface area contributed by atoms with Gasteiger partial charge in [0.05, 0.1) is 0 Å². The molecular formula is C17H27N. The topological polar surface area (TPSA) is 3.24 Å². The van der Waals surface area contributed by atoms with Crippen LogP contribution in [0.1, 0.15) is 45.6 Å². The quantitative estimate of drug-likeness (QED) is 0.774. The molecule has 1 nitrogen and oxygen atoms in total. The number of likely N-dealkylation sites (N-methyl/N-ethyl adjacent to an activating group) is 1. The van der Waals surface area contributed by atoms with Crippen LogP contribution in [-0.2, 0) is 6.42 Å². The van der Waals surface area contributed by atoms with Gasteiger partial charge in [-0.1, -0.05) is 51.1 Å². The molecule has 0 saturated carbocycles. The Labute approximate surface area is 112 Å². The molecule has 2 rings (SSSR count). The smallest absolute Gasteiger partial charge is 0.0252 e. The second-order valence-corrected chi connectivity index (χ2v) is 7.15. The first kappa shape index (κ1) is 13.6. The maximum atomic E-state index is 2.60. The van der Waals surface area contributed by atoms with Crippen molar-refractivity contribution in [2.45, 2.75) is 52.0 Å². The zero-order valence-corrected chi connectivity index (χ0v) is 12.4. The van der Waals surface area contributed by atoms with E-state index in [1.54, 1.807) is 0 Å². The highest BCUT2D eigenvalue weighted by Crippen LogP contribution is 2.40.